The lowest BCUT2D eigenvalue weighted by molar-refractivity contribution is -0.0164. The van der Waals surface area contributed by atoms with Crippen molar-refractivity contribution in [3.8, 4) is 0 Å². The van der Waals surface area contributed by atoms with Gasteiger partial charge in [-0.05, 0) is 38.7 Å². The molecule has 0 atom stereocenters. The second kappa shape index (κ2) is 16.9. The minimum atomic E-state index is 0.139. The van der Waals surface area contributed by atoms with E-state index in [9.17, 15) is 0 Å². The lowest BCUT2D eigenvalue weighted by Crippen LogP contribution is -2.24. The molecule has 6 nitrogen and oxygen atoms in total. The standard InChI is InChI=1S/C10H22O6S3/c17-14-4-1-11-7-10(8-12-2-5-15-18)9-13-3-6-16-19/h10,17-19H,1-9H2. The summed E-state index contributed by atoms with van der Waals surface area (Å²) in [7, 11) is 0. The molecule has 0 aromatic rings. The molecule has 116 valence electrons. The van der Waals surface area contributed by atoms with Gasteiger partial charge < -0.3 is 26.8 Å². The highest BCUT2D eigenvalue weighted by atomic mass is 32.1. The second-order valence-corrected chi connectivity index (χ2v) is 4.37. The fraction of sp³-hybridized carbons (Fsp3) is 1.00. The van der Waals surface area contributed by atoms with E-state index in [2.05, 4.69) is 51.3 Å². The van der Waals surface area contributed by atoms with Crippen molar-refractivity contribution in [2.24, 2.45) is 5.92 Å². The van der Waals surface area contributed by atoms with Crippen LogP contribution in [0.15, 0.2) is 0 Å². The van der Waals surface area contributed by atoms with Gasteiger partial charge in [0.15, 0.2) is 0 Å². The van der Waals surface area contributed by atoms with Gasteiger partial charge in [0.1, 0.15) is 0 Å². The number of hydrogen-bond acceptors (Lipinski definition) is 9. The minimum absolute atomic E-state index is 0.139. The van der Waals surface area contributed by atoms with Crippen molar-refractivity contribution in [3.05, 3.63) is 0 Å². The van der Waals surface area contributed by atoms with E-state index in [-0.39, 0.29) is 5.92 Å². The first-order valence-electron chi connectivity index (χ1n) is 5.87. The first-order chi connectivity index (χ1) is 9.35. The van der Waals surface area contributed by atoms with Gasteiger partial charge in [-0.1, -0.05) is 0 Å². The Morgan fingerprint density at radius 2 is 0.842 bits per heavy atom. The van der Waals surface area contributed by atoms with Crippen LogP contribution in [0.5, 0.6) is 0 Å². The summed E-state index contributed by atoms with van der Waals surface area (Å²) in [6.07, 6.45) is 0. The van der Waals surface area contributed by atoms with E-state index in [0.29, 0.717) is 59.5 Å². The molecule has 0 radical (unpaired) electrons. The van der Waals surface area contributed by atoms with Gasteiger partial charge in [-0.15, -0.1) is 0 Å². The van der Waals surface area contributed by atoms with Crippen LogP contribution in [0.1, 0.15) is 0 Å². The largest absolute Gasteiger partial charge is 0.379 e. The van der Waals surface area contributed by atoms with Crippen LogP contribution in [0.25, 0.3) is 0 Å². The average molecular weight is 334 g/mol. The van der Waals surface area contributed by atoms with E-state index in [4.69, 9.17) is 14.2 Å². The Morgan fingerprint density at radius 3 is 1.11 bits per heavy atom. The Hall–Kier alpha value is 0.810. The molecule has 0 saturated carbocycles. The fourth-order valence-corrected chi connectivity index (χ4v) is 1.41. The third-order valence-corrected chi connectivity index (χ3v) is 2.57. The molecule has 0 rings (SSSR count). The molecule has 0 aliphatic rings. The van der Waals surface area contributed by atoms with Gasteiger partial charge in [0, 0.05) is 5.92 Å². The normalized spacial score (nSPS) is 11.4. The average Bonchev–Trinajstić information content (AvgIpc) is 2.43. The van der Waals surface area contributed by atoms with Gasteiger partial charge in [-0.3, -0.25) is 0 Å². The van der Waals surface area contributed by atoms with Crippen molar-refractivity contribution in [1.29, 1.82) is 0 Å². The number of ether oxygens (including phenoxy) is 3. The SMILES string of the molecule is SOCCOCC(COCCOS)COCCOS. The Balaban J connectivity index is 3.66. The highest BCUT2D eigenvalue weighted by Crippen LogP contribution is 2.01. The van der Waals surface area contributed by atoms with Crippen molar-refractivity contribution >= 4 is 38.7 Å². The van der Waals surface area contributed by atoms with E-state index < -0.39 is 0 Å². The van der Waals surface area contributed by atoms with Gasteiger partial charge in [0.05, 0.1) is 59.5 Å². The van der Waals surface area contributed by atoms with Crippen LogP contribution in [0, 0.1) is 5.92 Å². The molecular formula is C10H22O6S3. The molecule has 0 fully saturated rings. The fourth-order valence-electron chi connectivity index (χ4n) is 1.18. The van der Waals surface area contributed by atoms with Gasteiger partial charge in [-0.25, -0.2) is 0 Å². The molecule has 0 unspecified atom stereocenters. The molecule has 0 bridgehead atoms. The predicted octanol–water partition coefficient (Wildman–Crippen LogP) is 1.24. The van der Waals surface area contributed by atoms with E-state index in [1.54, 1.807) is 0 Å². The first kappa shape index (κ1) is 19.8. The van der Waals surface area contributed by atoms with Crippen LogP contribution in [-0.2, 0) is 26.8 Å². The molecule has 19 heavy (non-hydrogen) atoms. The number of thiol groups is 3. The summed E-state index contributed by atoms with van der Waals surface area (Å²) < 4.78 is 30.1. The van der Waals surface area contributed by atoms with Gasteiger partial charge in [-0.2, -0.15) is 0 Å². The Morgan fingerprint density at radius 1 is 0.526 bits per heavy atom. The highest BCUT2D eigenvalue weighted by Gasteiger charge is 2.10. The molecule has 0 heterocycles. The molecule has 9 heteroatoms. The third-order valence-electron chi connectivity index (χ3n) is 2.02. The van der Waals surface area contributed by atoms with E-state index in [1.807, 2.05) is 0 Å². The maximum atomic E-state index is 5.42. The lowest BCUT2D eigenvalue weighted by Gasteiger charge is -2.17. The maximum Gasteiger partial charge on any atom is 0.0844 e. The molecular weight excluding hydrogens is 312 g/mol. The second-order valence-electron chi connectivity index (χ2n) is 3.59. The van der Waals surface area contributed by atoms with Crippen LogP contribution in [-0.4, -0.2) is 59.5 Å². The Kier molecular flexibility index (Phi) is 17.6. The maximum absolute atomic E-state index is 5.42. The monoisotopic (exact) mass is 334 g/mol. The van der Waals surface area contributed by atoms with Gasteiger partial charge in [0.2, 0.25) is 0 Å². The summed E-state index contributed by atoms with van der Waals surface area (Å²) in [5.74, 6) is 0.139. The molecule has 0 aromatic carbocycles. The zero-order valence-electron chi connectivity index (χ0n) is 10.7. The summed E-state index contributed by atoms with van der Waals surface area (Å²) in [5, 5.41) is 0. The Bertz CT molecular complexity index is 149. The summed E-state index contributed by atoms with van der Waals surface area (Å²) in [4.78, 5) is 0. The van der Waals surface area contributed by atoms with Crippen molar-refractivity contribution in [2.45, 2.75) is 0 Å². The molecule has 0 aliphatic carbocycles. The smallest absolute Gasteiger partial charge is 0.0844 e. The third kappa shape index (κ3) is 15.0. The number of hydrogen-bond donors (Lipinski definition) is 3. The minimum Gasteiger partial charge on any atom is -0.379 e. The quantitative estimate of drug-likeness (QED) is 0.238. The molecule has 0 aromatic heterocycles. The van der Waals surface area contributed by atoms with Crippen LogP contribution >= 0.6 is 38.7 Å². The topological polar surface area (TPSA) is 55.4 Å². The summed E-state index contributed by atoms with van der Waals surface area (Å²) >= 11 is 10.9. The summed E-state index contributed by atoms with van der Waals surface area (Å²) in [5.41, 5.74) is 0. The van der Waals surface area contributed by atoms with Crippen molar-refractivity contribution in [3.63, 3.8) is 0 Å². The highest BCUT2D eigenvalue weighted by molar-refractivity contribution is 7.75. The summed E-state index contributed by atoms with van der Waals surface area (Å²) in [6.45, 7) is 4.37. The Labute approximate surface area is 131 Å². The zero-order valence-corrected chi connectivity index (χ0v) is 13.4. The number of rotatable bonds is 15. The molecule has 0 spiro atoms. The van der Waals surface area contributed by atoms with Gasteiger partial charge >= 0.3 is 0 Å². The van der Waals surface area contributed by atoms with Crippen LogP contribution in [0.2, 0.25) is 0 Å². The lowest BCUT2D eigenvalue weighted by atomic mass is 10.2. The summed E-state index contributed by atoms with van der Waals surface area (Å²) in [6, 6.07) is 0. The first-order valence-corrected chi connectivity index (χ1v) is 6.97. The molecule has 0 saturated heterocycles. The molecule has 0 amide bonds. The van der Waals surface area contributed by atoms with E-state index >= 15 is 0 Å². The predicted molar refractivity (Wildman–Crippen MR) is 80.8 cm³/mol. The van der Waals surface area contributed by atoms with Crippen LogP contribution in [0.3, 0.4) is 0 Å². The van der Waals surface area contributed by atoms with Crippen molar-refractivity contribution < 1.29 is 26.8 Å². The van der Waals surface area contributed by atoms with Crippen molar-refractivity contribution in [2.75, 3.05) is 59.5 Å². The van der Waals surface area contributed by atoms with E-state index in [1.165, 1.54) is 0 Å². The van der Waals surface area contributed by atoms with E-state index in [0.717, 1.165) is 0 Å². The zero-order chi connectivity index (χ0) is 14.2. The molecule has 0 aliphatic heterocycles. The van der Waals surface area contributed by atoms with Crippen LogP contribution in [0.4, 0.5) is 0 Å². The molecule has 0 N–H and O–H groups in total. The van der Waals surface area contributed by atoms with Gasteiger partial charge in [0.25, 0.3) is 0 Å². The van der Waals surface area contributed by atoms with Crippen molar-refractivity contribution in [1.82, 2.24) is 0 Å². The van der Waals surface area contributed by atoms with Crippen LogP contribution < -0.4 is 0 Å².